The first-order chi connectivity index (χ1) is 29.7. The fourth-order valence-corrected chi connectivity index (χ4v) is 9.81. The summed E-state index contributed by atoms with van der Waals surface area (Å²) in [5.74, 6) is 0.582. The smallest absolute Gasteiger partial charge is 0.227 e. The van der Waals surface area contributed by atoms with Gasteiger partial charge in [-0.05, 0) is 101 Å². The second-order valence-electron chi connectivity index (χ2n) is 15.1. The lowest BCUT2D eigenvalue weighted by atomic mass is 9.99. The van der Waals surface area contributed by atoms with E-state index in [1.807, 2.05) is 59.9 Å². The third-order valence-corrected chi connectivity index (χ3v) is 12.7. The van der Waals surface area contributed by atoms with E-state index in [0.29, 0.717) is 5.89 Å². The normalized spacial score (nSPS) is 11.7. The van der Waals surface area contributed by atoms with Gasteiger partial charge in [-0.1, -0.05) is 133 Å². The summed E-state index contributed by atoms with van der Waals surface area (Å²) < 4.78 is 15.7. The molecule has 4 nitrogen and oxygen atoms in total. The van der Waals surface area contributed by atoms with Gasteiger partial charge >= 0.3 is 0 Å². The first-order valence-electron chi connectivity index (χ1n) is 20.1. The molecule has 3 heterocycles. The Morgan fingerprint density at radius 3 is 1.63 bits per heavy atom. The highest BCUT2D eigenvalue weighted by molar-refractivity contribution is 7.25. The summed E-state index contributed by atoms with van der Waals surface area (Å²) in [6.45, 7) is 0. The van der Waals surface area contributed by atoms with E-state index in [2.05, 4.69) is 163 Å². The van der Waals surface area contributed by atoms with Crippen molar-refractivity contribution in [3.05, 3.63) is 206 Å². The topological polar surface area (TPSA) is 42.4 Å². The molecule has 5 heteroatoms. The number of thiophene rings is 1. The number of benzene rings is 9. The van der Waals surface area contributed by atoms with Gasteiger partial charge in [-0.25, -0.2) is 4.98 Å². The summed E-state index contributed by atoms with van der Waals surface area (Å²) >= 11 is 1.85. The fraction of sp³-hybridized carbons (Fsp3) is 0. The van der Waals surface area contributed by atoms with Crippen molar-refractivity contribution in [2.75, 3.05) is 4.90 Å². The Kier molecular flexibility index (Phi) is 8.00. The Hall–Kier alpha value is -7.73. The molecular weight excluding hydrogens is 753 g/mol. The van der Waals surface area contributed by atoms with E-state index in [9.17, 15) is 0 Å². The predicted octanol–water partition coefficient (Wildman–Crippen LogP) is 16.2. The van der Waals surface area contributed by atoms with Crippen LogP contribution in [0.1, 0.15) is 0 Å². The van der Waals surface area contributed by atoms with E-state index in [0.717, 1.165) is 66.8 Å². The van der Waals surface area contributed by atoms with Crippen LogP contribution in [0.2, 0.25) is 0 Å². The predicted molar refractivity (Wildman–Crippen MR) is 251 cm³/mol. The summed E-state index contributed by atoms with van der Waals surface area (Å²) in [6.07, 6.45) is 0. The van der Waals surface area contributed by atoms with Crippen LogP contribution in [0.25, 0.3) is 98.0 Å². The molecule has 0 fully saturated rings. The van der Waals surface area contributed by atoms with Gasteiger partial charge in [0.05, 0.1) is 5.39 Å². The molecule has 12 aromatic rings. The third kappa shape index (κ3) is 5.70. The highest BCUT2D eigenvalue weighted by Gasteiger charge is 2.22. The van der Waals surface area contributed by atoms with Gasteiger partial charge in [-0.15, -0.1) is 11.3 Å². The first-order valence-corrected chi connectivity index (χ1v) is 20.9. The molecule has 0 atom stereocenters. The van der Waals surface area contributed by atoms with E-state index in [4.69, 9.17) is 13.8 Å². The Morgan fingerprint density at radius 2 is 0.933 bits per heavy atom. The van der Waals surface area contributed by atoms with E-state index < -0.39 is 0 Å². The lowest BCUT2D eigenvalue weighted by molar-refractivity contribution is 0.620. The number of para-hydroxylation sites is 1. The lowest BCUT2D eigenvalue weighted by Crippen LogP contribution is -2.09. The molecule has 0 aliphatic heterocycles. The highest BCUT2D eigenvalue weighted by atomic mass is 32.1. The zero-order chi connectivity index (χ0) is 39.6. The van der Waals surface area contributed by atoms with Crippen molar-refractivity contribution in [1.29, 1.82) is 0 Å². The fourth-order valence-electron chi connectivity index (χ4n) is 8.67. The van der Waals surface area contributed by atoms with E-state index in [1.165, 1.54) is 42.4 Å². The molecule has 0 aliphatic carbocycles. The van der Waals surface area contributed by atoms with Gasteiger partial charge in [0.2, 0.25) is 5.89 Å². The molecule has 0 unspecified atom stereocenters. The van der Waals surface area contributed by atoms with Gasteiger partial charge in [0, 0.05) is 53.7 Å². The zero-order valence-corrected chi connectivity index (χ0v) is 33.1. The van der Waals surface area contributed by atoms with Crippen LogP contribution in [-0.2, 0) is 0 Å². The van der Waals surface area contributed by atoms with Crippen molar-refractivity contribution in [2.45, 2.75) is 0 Å². The van der Waals surface area contributed by atoms with E-state index >= 15 is 0 Å². The molecular formula is C55H34N2O2S. The van der Waals surface area contributed by atoms with Crippen molar-refractivity contribution < 1.29 is 8.83 Å². The van der Waals surface area contributed by atoms with Crippen LogP contribution < -0.4 is 4.90 Å². The maximum atomic E-state index is 6.66. The molecule has 12 rings (SSSR count). The van der Waals surface area contributed by atoms with Gasteiger partial charge in [0.25, 0.3) is 0 Å². The number of furan rings is 1. The van der Waals surface area contributed by atoms with Crippen molar-refractivity contribution in [2.24, 2.45) is 0 Å². The molecule has 60 heavy (non-hydrogen) atoms. The van der Waals surface area contributed by atoms with Crippen LogP contribution in [0.3, 0.4) is 0 Å². The molecule has 0 spiro atoms. The average molecular weight is 787 g/mol. The molecule has 282 valence electrons. The van der Waals surface area contributed by atoms with Crippen LogP contribution in [0.5, 0.6) is 0 Å². The molecule has 0 aliphatic rings. The highest BCUT2D eigenvalue weighted by Crippen LogP contribution is 2.44. The number of anilines is 3. The summed E-state index contributed by atoms with van der Waals surface area (Å²) in [5, 5.41) is 4.60. The maximum Gasteiger partial charge on any atom is 0.227 e. The van der Waals surface area contributed by atoms with Crippen molar-refractivity contribution in [3.63, 3.8) is 0 Å². The molecule has 0 N–H and O–H groups in total. The second-order valence-corrected chi connectivity index (χ2v) is 16.2. The molecule has 0 saturated carbocycles. The molecule has 0 amide bonds. The molecule has 0 radical (unpaired) electrons. The van der Waals surface area contributed by atoms with Gasteiger partial charge in [0.1, 0.15) is 16.7 Å². The van der Waals surface area contributed by atoms with Crippen LogP contribution in [0.15, 0.2) is 215 Å². The number of oxazole rings is 1. The largest absolute Gasteiger partial charge is 0.456 e. The average Bonchev–Trinajstić information content (AvgIpc) is 4.04. The minimum Gasteiger partial charge on any atom is -0.456 e. The summed E-state index contributed by atoms with van der Waals surface area (Å²) in [5.41, 5.74) is 14.0. The Bertz CT molecular complexity index is 3510. The monoisotopic (exact) mass is 786 g/mol. The summed E-state index contributed by atoms with van der Waals surface area (Å²) in [7, 11) is 0. The van der Waals surface area contributed by atoms with Gasteiger partial charge in [-0.2, -0.15) is 0 Å². The molecule has 0 saturated heterocycles. The van der Waals surface area contributed by atoms with Crippen LogP contribution in [-0.4, -0.2) is 4.98 Å². The van der Waals surface area contributed by atoms with Crippen LogP contribution in [0, 0.1) is 0 Å². The Balaban J connectivity index is 0.977. The Morgan fingerprint density at radius 1 is 0.383 bits per heavy atom. The van der Waals surface area contributed by atoms with Gasteiger partial charge < -0.3 is 13.7 Å². The van der Waals surface area contributed by atoms with Crippen LogP contribution in [0.4, 0.5) is 17.1 Å². The minimum atomic E-state index is 0.582. The van der Waals surface area contributed by atoms with Crippen molar-refractivity contribution >= 4 is 81.6 Å². The summed E-state index contributed by atoms with van der Waals surface area (Å²) in [4.78, 5) is 7.42. The Labute approximate surface area is 349 Å². The van der Waals surface area contributed by atoms with E-state index in [1.54, 1.807) is 0 Å². The number of hydrogen-bond donors (Lipinski definition) is 0. The van der Waals surface area contributed by atoms with Gasteiger partial charge in [-0.3, -0.25) is 0 Å². The standard InChI is InChI=1S/C55H34N2O2S/c1-3-12-35(13-4-1)36-22-28-40(29-23-36)57(41-30-24-37(25-31-41)43-18-11-21-50-51(43)45-17-8-10-20-49(45)60-50)42-32-26-38(27-33-42)46-34-48-52(44-16-7-9-19-47(44)58-48)53-54(46)59-55(56-53)39-14-5-2-6-15-39/h1-34H. The number of nitrogens with zero attached hydrogens (tertiary/aromatic N) is 2. The zero-order valence-electron chi connectivity index (χ0n) is 32.2. The maximum absolute atomic E-state index is 6.66. The van der Waals surface area contributed by atoms with Crippen LogP contribution >= 0.6 is 11.3 Å². The molecule has 3 aromatic heterocycles. The SMILES string of the molecule is c1ccc(-c2ccc(N(c3ccc(-c4cc5oc6ccccc6c5c5nc(-c6ccccc6)oc45)cc3)c3ccc(-c4cccc5sc6ccccc6c45)cc3)cc2)cc1. The number of hydrogen-bond acceptors (Lipinski definition) is 5. The number of fused-ring (bicyclic) bond motifs is 8. The first kappa shape index (κ1) is 34.3. The lowest BCUT2D eigenvalue weighted by Gasteiger charge is -2.26. The van der Waals surface area contributed by atoms with Crippen molar-refractivity contribution in [1.82, 2.24) is 4.98 Å². The quantitative estimate of drug-likeness (QED) is 0.161. The van der Waals surface area contributed by atoms with Crippen molar-refractivity contribution in [3.8, 4) is 44.8 Å². The minimum absolute atomic E-state index is 0.582. The van der Waals surface area contributed by atoms with E-state index in [-0.39, 0.29) is 0 Å². The number of aromatic nitrogens is 1. The summed E-state index contributed by atoms with van der Waals surface area (Å²) in [6, 6.07) is 72.7. The number of rotatable bonds is 7. The second kappa shape index (κ2) is 14.0. The van der Waals surface area contributed by atoms with Gasteiger partial charge in [0.15, 0.2) is 5.58 Å². The molecule has 9 aromatic carbocycles. The third-order valence-electron chi connectivity index (χ3n) is 11.5. The molecule has 0 bridgehead atoms.